The standard InChI is InChI=1S/C16H23N5O4S/c1-3-26(24,25)18-10-4-9-17-11-14-12-20(2)19-16(14)13-5-7-15(8-6-13)21(22)23/h5-8,12,17-18H,3-4,9-11H2,1-2H3. The van der Waals surface area contributed by atoms with Gasteiger partial charge in [0.25, 0.3) is 5.69 Å². The van der Waals surface area contributed by atoms with Gasteiger partial charge in [-0.05, 0) is 32.0 Å². The van der Waals surface area contributed by atoms with Crippen LogP contribution in [0.2, 0.25) is 0 Å². The number of rotatable bonds is 10. The highest BCUT2D eigenvalue weighted by Crippen LogP contribution is 2.24. The molecule has 26 heavy (non-hydrogen) atoms. The maximum atomic E-state index is 11.3. The highest BCUT2D eigenvalue weighted by atomic mass is 32.2. The van der Waals surface area contributed by atoms with Gasteiger partial charge in [0.15, 0.2) is 0 Å². The molecule has 9 nitrogen and oxygen atoms in total. The molecule has 0 atom stereocenters. The number of non-ortho nitro benzene ring substituents is 1. The van der Waals surface area contributed by atoms with Gasteiger partial charge in [0, 0.05) is 49.6 Å². The first kappa shape index (κ1) is 20.0. The lowest BCUT2D eigenvalue weighted by atomic mass is 10.1. The number of hydrogen-bond acceptors (Lipinski definition) is 6. The van der Waals surface area contributed by atoms with Crippen molar-refractivity contribution in [1.82, 2.24) is 19.8 Å². The summed E-state index contributed by atoms with van der Waals surface area (Å²) in [5.74, 6) is 0.0781. The molecule has 2 rings (SSSR count). The van der Waals surface area contributed by atoms with E-state index >= 15 is 0 Å². The first-order valence-electron chi connectivity index (χ1n) is 8.28. The minimum atomic E-state index is -3.15. The number of aryl methyl sites for hydroxylation is 1. The molecule has 1 heterocycles. The summed E-state index contributed by atoms with van der Waals surface area (Å²) in [6.07, 6.45) is 2.57. The van der Waals surface area contributed by atoms with Crippen molar-refractivity contribution in [3.63, 3.8) is 0 Å². The third-order valence-corrected chi connectivity index (χ3v) is 5.21. The average molecular weight is 381 g/mol. The molecule has 0 aliphatic heterocycles. The first-order valence-corrected chi connectivity index (χ1v) is 9.93. The second kappa shape index (κ2) is 8.88. The number of sulfonamides is 1. The van der Waals surface area contributed by atoms with Crippen molar-refractivity contribution in [2.24, 2.45) is 7.05 Å². The minimum Gasteiger partial charge on any atom is -0.312 e. The summed E-state index contributed by atoms with van der Waals surface area (Å²) in [5.41, 5.74) is 2.58. The van der Waals surface area contributed by atoms with Crippen molar-refractivity contribution in [2.75, 3.05) is 18.8 Å². The van der Waals surface area contributed by atoms with Crippen LogP contribution in [-0.4, -0.2) is 42.0 Å². The Balaban J connectivity index is 1.91. The van der Waals surface area contributed by atoms with Gasteiger partial charge in [-0.25, -0.2) is 13.1 Å². The van der Waals surface area contributed by atoms with Crippen LogP contribution < -0.4 is 10.0 Å². The molecule has 1 aromatic heterocycles. The van der Waals surface area contributed by atoms with Gasteiger partial charge < -0.3 is 5.32 Å². The van der Waals surface area contributed by atoms with E-state index in [1.165, 1.54) is 12.1 Å². The quantitative estimate of drug-likeness (QED) is 0.365. The third-order valence-electron chi connectivity index (χ3n) is 3.80. The molecule has 0 saturated carbocycles. The Bertz CT molecular complexity index is 846. The lowest BCUT2D eigenvalue weighted by Gasteiger charge is -2.07. The van der Waals surface area contributed by atoms with E-state index in [0.29, 0.717) is 26.1 Å². The van der Waals surface area contributed by atoms with Crippen LogP contribution in [0.15, 0.2) is 30.5 Å². The van der Waals surface area contributed by atoms with Crippen molar-refractivity contribution in [3.05, 3.63) is 46.1 Å². The average Bonchev–Trinajstić information content (AvgIpc) is 2.98. The Kier molecular flexibility index (Phi) is 6.83. The predicted molar refractivity (Wildman–Crippen MR) is 99.1 cm³/mol. The maximum absolute atomic E-state index is 11.3. The molecule has 2 N–H and O–H groups in total. The molecule has 1 aromatic carbocycles. The van der Waals surface area contributed by atoms with Crippen molar-refractivity contribution in [3.8, 4) is 11.3 Å². The Morgan fingerprint density at radius 3 is 2.54 bits per heavy atom. The van der Waals surface area contributed by atoms with Gasteiger partial charge in [-0.1, -0.05) is 0 Å². The first-order chi connectivity index (χ1) is 12.3. The van der Waals surface area contributed by atoms with Crippen LogP contribution in [0.3, 0.4) is 0 Å². The summed E-state index contributed by atoms with van der Waals surface area (Å²) in [7, 11) is -1.33. The number of nitro benzene ring substituents is 1. The van der Waals surface area contributed by atoms with Gasteiger partial charge in [0.1, 0.15) is 0 Å². The van der Waals surface area contributed by atoms with E-state index in [1.807, 2.05) is 13.2 Å². The fraction of sp³-hybridized carbons (Fsp3) is 0.438. The molecule has 0 radical (unpaired) electrons. The Hall–Kier alpha value is -2.30. The van der Waals surface area contributed by atoms with Crippen molar-refractivity contribution in [1.29, 1.82) is 0 Å². The molecule has 0 spiro atoms. The van der Waals surface area contributed by atoms with Gasteiger partial charge in [0.05, 0.1) is 16.4 Å². The SMILES string of the molecule is CCS(=O)(=O)NCCCNCc1cn(C)nc1-c1ccc([N+](=O)[O-])cc1. The number of benzene rings is 1. The Morgan fingerprint density at radius 1 is 1.23 bits per heavy atom. The Labute approximate surface area is 152 Å². The maximum Gasteiger partial charge on any atom is 0.269 e. The van der Waals surface area contributed by atoms with Crippen molar-refractivity contribution >= 4 is 15.7 Å². The third kappa shape index (κ3) is 5.61. The number of nitrogens with zero attached hydrogens (tertiary/aromatic N) is 3. The molecule has 142 valence electrons. The van der Waals surface area contributed by atoms with Crippen LogP contribution in [0.1, 0.15) is 18.9 Å². The zero-order chi connectivity index (χ0) is 19.2. The summed E-state index contributed by atoms with van der Waals surface area (Å²) in [5, 5.41) is 18.5. The second-order valence-electron chi connectivity index (χ2n) is 5.81. The number of aromatic nitrogens is 2. The number of nitro groups is 1. The van der Waals surface area contributed by atoms with Gasteiger partial charge in [0.2, 0.25) is 10.0 Å². The lowest BCUT2D eigenvalue weighted by molar-refractivity contribution is -0.384. The fourth-order valence-electron chi connectivity index (χ4n) is 2.42. The fourth-order valence-corrected chi connectivity index (χ4v) is 3.08. The lowest BCUT2D eigenvalue weighted by Crippen LogP contribution is -2.28. The summed E-state index contributed by atoms with van der Waals surface area (Å²) < 4.78 is 26.9. The normalized spacial score (nSPS) is 11.6. The molecule has 0 aliphatic carbocycles. The summed E-state index contributed by atoms with van der Waals surface area (Å²) in [4.78, 5) is 10.3. The van der Waals surface area contributed by atoms with E-state index in [0.717, 1.165) is 16.8 Å². The number of hydrogen-bond donors (Lipinski definition) is 2. The molecule has 0 bridgehead atoms. The van der Waals surface area contributed by atoms with Crippen LogP contribution in [0, 0.1) is 10.1 Å². The van der Waals surface area contributed by atoms with Gasteiger partial charge >= 0.3 is 0 Å². The van der Waals surface area contributed by atoms with E-state index in [2.05, 4.69) is 15.1 Å². The molecule has 0 saturated heterocycles. The van der Waals surface area contributed by atoms with Crippen LogP contribution in [0.25, 0.3) is 11.3 Å². The molecular weight excluding hydrogens is 358 g/mol. The van der Waals surface area contributed by atoms with Crippen LogP contribution in [0.5, 0.6) is 0 Å². The molecule has 2 aromatic rings. The summed E-state index contributed by atoms with van der Waals surface area (Å²) in [6.45, 7) is 3.22. The molecule has 0 unspecified atom stereocenters. The zero-order valence-electron chi connectivity index (χ0n) is 14.8. The Morgan fingerprint density at radius 2 is 1.92 bits per heavy atom. The monoisotopic (exact) mass is 381 g/mol. The van der Waals surface area contributed by atoms with Crippen molar-refractivity contribution < 1.29 is 13.3 Å². The van der Waals surface area contributed by atoms with E-state index in [-0.39, 0.29) is 11.4 Å². The minimum absolute atomic E-state index is 0.0406. The van der Waals surface area contributed by atoms with Gasteiger partial charge in [-0.15, -0.1) is 0 Å². The summed E-state index contributed by atoms with van der Waals surface area (Å²) in [6, 6.07) is 6.29. The summed E-state index contributed by atoms with van der Waals surface area (Å²) >= 11 is 0. The predicted octanol–water partition coefficient (Wildman–Crippen LogP) is 1.41. The molecule has 0 amide bonds. The van der Waals surface area contributed by atoms with E-state index in [9.17, 15) is 18.5 Å². The van der Waals surface area contributed by atoms with E-state index in [4.69, 9.17) is 0 Å². The largest absolute Gasteiger partial charge is 0.312 e. The van der Waals surface area contributed by atoms with Crippen LogP contribution in [0.4, 0.5) is 5.69 Å². The highest BCUT2D eigenvalue weighted by Gasteiger charge is 2.12. The molecular formula is C16H23N5O4S. The topological polar surface area (TPSA) is 119 Å². The highest BCUT2D eigenvalue weighted by molar-refractivity contribution is 7.89. The molecule has 0 aliphatic rings. The number of nitrogens with one attached hydrogen (secondary N) is 2. The van der Waals surface area contributed by atoms with E-state index in [1.54, 1.807) is 23.7 Å². The zero-order valence-corrected chi connectivity index (χ0v) is 15.6. The smallest absolute Gasteiger partial charge is 0.269 e. The molecule has 0 fully saturated rings. The van der Waals surface area contributed by atoms with Crippen LogP contribution >= 0.6 is 0 Å². The van der Waals surface area contributed by atoms with E-state index < -0.39 is 14.9 Å². The van der Waals surface area contributed by atoms with Gasteiger partial charge in [-0.3, -0.25) is 14.8 Å². The molecule has 10 heteroatoms. The second-order valence-corrected chi connectivity index (χ2v) is 7.90. The van der Waals surface area contributed by atoms with Gasteiger partial charge in [-0.2, -0.15) is 5.10 Å². The van der Waals surface area contributed by atoms with Crippen LogP contribution in [-0.2, 0) is 23.6 Å². The van der Waals surface area contributed by atoms with Crippen molar-refractivity contribution in [2.45, 2.75) is 19.9 Å².